The lowest BCUT2D eigenvalue weighted by Crippen LogP contribution is -2.15. The Morgan fingerprint density at radius 2 is 0.745 bits per heavy atom. The molecule has 0 aromatic heterocycles. The third-order valence-corrected chi connectivity index (χ3v) is 10.8. The summed E-state index contributed by atoms with van der Waals surface area (Å²) in [4.78, 5) is 2.41. The van der Waals surface area contributed by atoms with Crippen LogP contribution >= 0.6 is 0 Å². The summed E-state index contributed by atoms with van der Waals surface area (Å²) in [6.45, 7) is 20.5. The number of anilines is 3. The topological polar surface area (TPSA) is 3.24 Å². The molecule has 7 aromatic rings. The fraction of sp³-hybridized carbons (Fsp3) is 0.240. The molecule has 0 unspecified atom stereocenters. The normalized spacial score (nSPS) is 12.8. The summed E-state index contributed by atoms with van der Waals surface area (Å²) in [7, 11) is 0. The Bertz CT molecular complexity index is 2440. The molecule has 0 bridgehead atoms. The van der Waals surface area contributed by atoms with Gasteiger partial charge in [-0.15, -0.1) is 0 Å². The zero-order chi connectivity index (χ0) is 35.9. The highest BCUT2D eigenvalue weighted by atomic mass is 15.1. The van der Waals surface area contributed by atoms with Gasteiger partial charge in [-0.1, -0.05) is 129 Å². The van der Waals surface area contributed by atoms with Crippen molar-refractivity contribution >= 4 is 38.6 Å². The Hall–Kier alpha value is -5.14. The van der Waals surface area contributed by atoms with Crippen molar-refractivity contribution in [3.8, 4) is 33.4 Å². The van der Waals surface area contributed by atoms with Crippen molar-refractivity contribution in [1.29, 1.82) is 0 Å². The second kappa shape index (κ2) is 11.7. The highest BCUT2D eigenvalue weighted by Crippen LogP contribution is 2.51. The monoisotopic (exact) mass is 663 g/mol. The average Bonchev–Trinajstić information content (AvgIpc) is 3.09. The Balaban J connectivity index is 1.17. The second-order valence-electron chi connectivity index (χ2n) is 17.6. The first kappa shape index (κ1) is 33.0. The first-order chi connectivity index (χ1) is 24.1. The quantitative estimate of drug-likeness (QED) is 0.181. The van der Waals surface area contributed by atoms with E-state index in [2.05, 4.69) is 201 Å². The van der Waals surface area contributed by atoms with Gasteiger partial charge in [-0.25, -0.2) is 0 Å². The zero-order valence-corrected chi connectivity index (χ0v) is 31.6. The summed E-state index contributed by atoms with van der Waals surface area (Å²) in [5, 5.41) is 5.10. The highest BCUT2D eigenvalue weighted by molar-refractivity contribution is 6.12. The van der Waals surface area contributed by atoms with Crippen molar-refractivity contribution in [2.45, 2.75) is 78.6 Å². The molecule has 1 aliphatic carbocycles. The molecule has 0 saturated heterocycles. The van der Waals surface area contributed by atoms with E-state index in [0.717, 1.165) is 5.69 Å². The molecule has 1 nitrogen and oxygen atoms in total. The van der Waals surface area contributed by atoms with Crippen molar-refractivity contribution in [2.24, 2.45) is 0 Å². The highest BCUT2D eigenvalue weighted by Gasteiger charge is 2.25. The SMILES string of the molecule is CC(C)(C)c1ccc(-c2ccc3cc4c(cc3c2)-c2cc3ccc(N(c5ccc(C(C)(C)C)cc5)c5cccc(C(C)(C)C)c5)cc3cc2-4)cc1. The van der Waals surface area contributed by atoms with Crippen LogP contribution in [0.3, 0.4) is 0 Å². The molecular weight excluding hydrogens is 615 g/mol. The van der Waals surface area contributed by atoms with E-state index in [4.69, 9.17) is 0 Å². The van der Waals surface area contributed by atoms with Crippen LogP contribution in [0, 0.1) is 0 Å². The maximum absolute atomic E-state index is 2.41. The first-order valence-electron chi connectivity index (χ1n) is 18.4. The van der Waals surface area contributed by atoms with Crippen molar-refractivity contribution < 1.29 is 0 Å². The van der Waals surface area contributed by atoms with E-state index >= 15 is 0 Å². The third kappa shape index (κ3) is 6.03. The largest absolute Gasteiger partial charge is 0.310 e. The number of nitrogens with zero attached hydrogens (tertiary/aromatic N) is 1. The first-order valence-corrected chi connectivity index (χ1v) is 18.4. The fourth-order valence-corrected chi connectivity index (χ4v) is 7.56. The van der Waals surface area contributed by atoms with E-state index < -0.39 is 0 Å². The van der Waals surface area contributed by atoms with E-state index in [9.17, 15) is 0 Å². The van der Waals surface area contributed by atoms with E-state index in [1.165, 1.54) is 83.0 Å². The van der Waals surface area contributed by atoms with Gasteiger partial charge in [0, 0.05) is 17.1 Å². The fourth-order valence-electron chi connectivity index (χ4n) is 7.56. The summed E-state index contributed by atoms with van der Waals surface area (Å²) in [6, 6.07) is 50.7. The number of rotatable bonds is 4. The molecule has 1 aliphatic rings. The van der Waals surface area contributed by atoms with Gasteiger partial charge >= 0.3 is 0 Å². The molecule has 0 amide bonds. The number of hydrogen-bond acceptors (Lipinski definition) is 1. The van der Waals surface area contributed by atoms with Crippen LogP contribution in [0.25, 0.3) is 54.9 Å². The average molecular weight is 664 g/mol. The molecule has 0 heterocycles. The summed E-state index contributed by atoms with van der Waals surface area (Å²) in [5.41, 5.74) is 15.8. The minimum Gasteiger partial charge on any atom is -0.310 e. The summed E-state index contributed by atoms with van der Waals surface area (Å²) in [6.07, 6.45) is 0. The van der Waals surface area contributed by atoms with Gasteiger partial charge in [0.1, 0.15) is 0 Å². The van der Waals surface area contributed by atoms with Crippen LogP contribution in [0.5, 0.6) is 0 Å². The molecule has 8 rings (SSSR count). The molecule has 0 atom stereocenters. The lowest BCUT2D eigenvalue weighted by atomic mass is 9.77. The molecule has 0 aliphatic heterocycles. The van der Waals surface area contributed by atoms with Crippen LogP contribution in [0.2, 0.25) is 0 Å². The molecule has 254 valence electrons. The van der Waals surface area contributed by atoms with Gasteiger partial charge in [-0.2, -0.15) is 0 Å². The number of benzene rings is 7. The predicted octanol–water partition coefficient (Wildman–Crippen LogP) is 14.7. The number of fused-ring (bicyclic) bond motifs is 6. The Morgan fingerprint density at radius 3 is 1.29 bits per heavy atom. The van der Waals surface area contributed by atoms with Gasteiger partial charge in [0.05, 0.1) is 0 Å². The minimum absolute atomic E-state index is 0.0558. The minimum atomic E-state index is 0.0558. The molecular formula is C50H49N. The van der Waals surface area contributed by atoms with Crippen molar-refractivity contribution in [3.63, 3.8) is 0 Å². The maximum Gasteiger partial charge on any atom is 0.0468 e. The molecule has 0 saturated carbocycles. The van der Waals surface area contributed by atoms with E-state index in [0.29, 0.717) is 0 Å². The molecule has 1 heteroatoms. The van der Waals surface area contributed by atoms with Crippen LogP contribution in [0.15, 0.2) is 133 Å². The molecule has 0 radical (unpaired) electrons. The van der Waals surface area contributed by atoms with Crippen molar-refractivity contribution in [2.75, 3.05) is 4.90 Å². The summed E-state index contributed by atoms with van der Waals surface area (Å²) >= 11 is 0. The molecule has 0 spiro atoms. The smallest absolute Gasteiger partial charge is 0.0468 e. The van der Waals surface area contributed by atoms with Gasteiger partial charge in [-0.3, -0.25) is 0 Å². The summed E-state index contributed by atoms with van der Waals surface area (Å²) < 4.78 is 0. The lowest BCUT2D eigenvalue weighted by Gasteiger charge is -2.29. The maximum atomic E-state index is 2.41. The zero-order valence-electron chi connectivity index (χ0n) is 31.6. The lowest BCUT2D eigenvalue weighted by molar-refractivity contribution is 0.590. The van der Waals surface area contributed by atoms with Crippen LogP contribution in [-0.4, -0.2) is 0 Å². The number of hydrogen-bond donors (Lipinski definition) is 0. The molecule has 0 fully saturated rings. The van der Waals surface area contributed by atoms with E-state index in [1.807, 2.05) is 0 Å². The second-order valence-corrected chi connectivity index (χ2v) is 17.6. The van der Waals surface area contributed by atoms with E-state index in [-0.39, 0.29) is 16.2 Å². The Labute approximate surface area is 304 Å². The van der Waals surface area contributed by atoms with Crippen LogP contribution in [0.1, 0.15) is 79.0 Å². The molecule has 7 aromatic carbocycles. The Kier molecular flexibility index (Phi) is 7.58. The van der Waals surface area contributed by atoms with Gasteiger partial charge in [0.2, 0.25) is 0 Å². The van der Waals surface area contributed by atoms with Gasteiger partial charge in [-0.05, 0) is 155 Å². The van der Waals surface area contributed by atoms with Crippen LogP contribution < -0.4 is 4.90 Å². The standard InChI is InChI=1S/C50H49N/c1-48(2,3)38-18-15-32(16-19-38)33-13-14-34-27-44-46(29-36(34)25-33)45-28-35-17-22-43(26-37(35)30-47(44)45)51(41-23-20-39(21-24-41)49(4,5)6)42-12-10-11-40(31-42)50(7,8)9/h10-31H,1-9H3. The van der Waals surface area contributed by atoms with Gasteiger partial charge in [0.25, 0.3) is 0 Å². The van der Waals surface area contributed by atoms with Gasteiger partial charge in [0.15, 0.2) is 0 Å². The molecule has 51 heavy (non-hydrogen) atoms. The van der Waals surface area contributed by atoms with Crippen molar-refractivity contribution in [3.05, 3.63) is 150 Å². The van der Waals surface area contributed by atoms with Gasteiger partial charge < -0.3 is 4.90 Å². The predicted molar refractivity (Wildman–Crippen MR) is 222 cm³/mol. The van der Waals surface area contributed by atoms with Crippen LogP contribution in [0.4, 0.5) is 17.1 Å². The summed E-state index contributed by atoms with van der Waals surface area (Å²) in [5.74, 6) is 0. The van der Waals surface area contributed by atoms with Crippen LogP contribution in [-0.2, 0) is 16.2 Å². The van der Waals surface area contributed by atoms with Crippen molar-refractivity contribution in [1.82, 2.24) is 0 Å². The third-order valence-electron chi connectivity index (χ3n) is 10.8. The molecule has 0 N–H and O–H groups in total. The Morgan fingerprint density at radius 1 is 0.314 bits per heavy atom. The van der Waals surface area contributed by atoms with E-state index in [1.54, 1.807) is 0 Å².